The molecule has 0 atom stereocenters. The van der Waals surface area contributed by atoms with Crippen LogP contribution >= 0.6 is 0 Å². The lowest BCUT2D eigenvalue weighted by Crippen LogP contribution is -2.00. The molecular weight excluding hydrogens is 293 g/mol. The highest BCUT2D eigenvalue weighted by Gasteiger charge is 2.12. The first kappa shape index (κ1) is 13.5. The molecule has 23 heavy (non-hydrogen) atoms. The molecule has 0 saturated heterocycles. The summed E-state index contributed by atoms with van der Waals surface area (Å²) in [7, 11) is 0. The number of nitrogens with zero attached hydrogens (tertiary/aromatic N) is 5. The van der Waals surface area contributed by atoms with Gasteiger partial charge < -0.3 is 0 Å². The molecular formula is C17H12FN5. The Labute approximate surface area is 131 Å². The summed E-state index contributed by atoms with van der Waals surface area (Å²) in [6.45, 7) is 1.99. The molecule has 0 aliphatic rings. The van der Waals surface area contributed by atoms with Gasteiger partial charge in [-0.3, -0.25) is 4.98 Å². The minimum atomic E-state index is -0.275. The molecule has 1 aromatic carbocycles. The maximum absolute atomic E-state index is 13.1. The first-order valence-electron chi connectivity index (χ1n) is 7.10. The fraction of sp³-hybridized carbons (Fsp3) is 0.0588. The Kier molecular flexibility index (Phi) is 3.08. The van der Waals surface area contributed by atoms with Crippen molar-refractivity contribution in [3.05, 3.63) is 66.5 Å². The van der Waals surface area contributed by atoms with Gasteiger partial charge in [-0.1, -0.05) is 0 Å². The Hall–Kier alpha value is -3.15. The van der Waals surface area contributed by atoms with Crippen LogP contribution in [0.4, 0.5) is 4.39 Å². The minimum absolute atomic E-state index is 0.275. The van der Waals surface area contributed by atoms with Gasteiger partial charge in [0, 0.05) is 23.5 Å². The quantitative estimate of drug-likeness (QED) is 0.570. The Bertz CT molecular complexity index is 991. The van der Waals surface area contributed by atoms with Crippen molar-refractivity contribution in [1.29, 1.82) is 0 Å². The largest absolute Gasteiger partial charge is 0.264 e. The molecule has 0 unspecified atom stereocenters. The monoisotopic (exact) mass is 305 g/mol. The van der Waals surface area contributed by atoms with E-state index in [9.17, 15) is 4.39 Å². The Balaban J connectivity index is 1.98. The molecule has 5 nitrogen and oxygen atoms in total. The van der Waals surface area contributed by atoms with Crippen LogP contribution in [0.1, 0.15) is 5.56 Å². The van der Waals surface area contributed by atoms with Gasteiger partial charge in [0.25, 0.3) is 5.78 Å². The molecule has 0 fully saturated rings. The summed E-state index contributed by atoms with van der Waals surface area (Å²) in [6.07, 6.45) is 5.01. The van der Waals surface area contributed by atoms with Gasteiger partial charge in [-0.2, -0.15) is 14.6 Å². The number of pyridine rings is 1. The van der Waals surface area contributed by atoms with Gasteiger partial charge in [0.15, 0.2) is 0 Å². The topological polar surface area (TPSA) is 56.0 Å². The third kappa shape index (κ3) is 2.34. The summed E-state index contributed by atoms with van der Waals surface area (Å²) in [5.41, 5.74) is 4.44. The molecule has 4 aromatic rings. The predicted octanol–water partition coefficient (Wildman–Crippen LogP) is 3.30. The highest BCUT2D eigenvalue weighted by molar-refractivity contribution is 5.71. The van der Waals surface area contributed by atoms with Crippen LogP contribution in [0, 0.1) is 12.7 Å². The Morgan fingerprint density at radius 2 is 1.91 bits per heavy atom. The van der Waals surface area contributed by atoms with Crippen molar-refractivity contribution in [1.82, 2.24) is 24.6 Å². The van der Waals surface area contributed by atoms with Gasteiger partial charge >= 0.3 is 0 Å². The average molecular weight is 305 g/mol. The van der Waals surface area contributed by atoms with Crippen molar-refractivity contribution in [2.45, 2.75) is 6.92 Å². The summed E-state index contributed by atoms with van der Waals surface area (Å²) in [5, 5.41) is 4.25. The zero-order chi connectivity index (χ0) is 15.8. The van der Waals surface area contributed by atoms with Crippen molar-refractivity contribution >= 4 is 5.78 Å². The van der Waals surface area contributed by atoms with E-state index in [1.165, 1.54) is 18.5 Å². The third-order valence-corrected chi connectivity index (χ3v) is 3.69. The van der Waals surface area contributed by atoms with E-state index in [2.05, 4.69) is 20.1 Å². The van der Waals surface area contributed by atoms with E-state index >= 15 is 0 Å². The van der Waals surface area contributed by atoms with Crippen molar-refractivity contribution < 1.29 is 4.39 Å². The number of hydrogen-bond acceptors (Lipinski definition) is 4. The number of benzene rings is 1. The molecule has 0 aliphatic carbocycles. The SMILES string of the molecule is Cc1cnccc1-c1cc(-c2ccc(F)cc2)nc2ncnn12. The summed E-state index contributed by atoms with van der Waals surface area (Å²) in [4.78, 5) is 12.8. The minimum Gasteiger partial charge on any atom is -0.264 e. The van der Waals surface area contributed by atoms with E-state index in [0.717, 1.165) is 28.1 Å². The van der Waals surface area contributed by atoms with Gasteiger partial charge in [0.1, 0.15) is 12.1 Å². The molecule has 0 N–H and O–H groups in total. The number of aryl methyl sites for hydroxylation is 1. The number of halogens is 1. The van der Waals surface area contributed by atoms with Crippen LogP contribution in [0.2, 0.25) is 0 Å². The van der Waals surface area contributed by atoms with Crippen LogP contribution < -0.4 is 0 Å². The molecule has 0 bridgehead atoms. The van der Waals surface area contributed by atoms with Crippen molar-refractivity contribution in [2.75, 3.05) is 0 Å². The van der Waals surface area contributed by atoms with Crippen LogP contribution in [0.15, 0.2) is 55.1 Å². The lowest BCUT2D eigenvalue weighted by atomic mass is 10.1. The van der Waals surface area contributed by atoms with Crippen LogP contribution in [0.25, 0.3) is 28.3 Å². The highest BCUT2D eigenvalue weighted by Crippen LogP contribution is 2.27. The summed E-state index contributed by atoms with van der Waals surface area (Å²) >= 11 is 0. The zero-order valence-corrected chi connectivity index (χ0v) is 12.3. The van der Waals surface area contributed by atoms with E-state index in [-0.39, 0.29) is 5.82 Å². The zero-order valence-electron chi connectivity index (χ0n) is 12.3. The number of hydrogen-bond donors (Lipinski definition) is 0. The molecule has 4 rings (SSSR count). The lowest BCUT2D eigenvalue weighted by molar-refractivity contribution is 0.628. The van der Waals surface area contributed by atoms with E-state index in [4.69, 9.17) is 0 Å². The first-order valence-corrected chi connectivity index (χ1v) is 7.10. The van der Waals surface area contributed by atoms with Gasteiger partial charge in [0.05, 0.1) is 11.4 Å². The fourth-order valence-corrected chi connectivity index (χ4v) is 2.53. The number of fused-ring (bicyclic) bond motifs is 1. The van der Waals surface area contributed by atoms with Gasteiger partial charge in [-0.15, -0.1) is 0 Å². The molecule has 112 valence electrons. The summed E-state index contributed by atoms with van der Waals surface area (Å²) < 4.78 is 14.8. The molecule has 0 saturated carbocycles. The number of aromatic nitrogens is 5. The highest BCUT2D eigenvalue weighted by atomic mass is 19.1. The molecule has 0 radical (unpaired) electrons. The third-order valence-electron chi connectivity index (χ3n) is 3.69. The van der Waals surface area contributed by atoms with Gasteiger partial charge in [-0.05, 0) is 48.9 Å². The maximum Gasteiger partial charge on any atom is 0.253 e. The van der Waals surface area contributed by atoms with Gasteiger partial charge in [0.2, 0.25) is 0 Å². The van der Waals surface area contributed by atoms with Crippen molar-refractivity contribution in [3.8, 4) is 22.5 Å². The first-order chi connectivity index (χ1) is 11.2. The van der Waals surface area contributed by atoms with E-state index in [0.29, 0.717) is 5.78 Å². The predicted molar refractivity (Wildman–Crippen MR) is 84.1 cm³/mol. The second kappa shape index (κ2) is 5.24. The summed E-state index contributed by atoms with van der Waals surface area (Å²) in [5.74, 6) is 0.223. The smallest absolute Gasteiger partial charge is 0.253 e. The van der Waals surface area contributed by atoms with E-state index in [1.54, 1.807) is 29.0 Å². The van der Waals surface area contributed by atoms with Crippen molar-refractivity contribution in [3.63, 3.8) is 0 Å². The maximum atomic E-state index is 13.1. The Morgan fingerprint density at radius 1 is 1.09 bits per heavy atom. The molecule has 3 heterocycles. The van der Waals surface area contributed by atoms with Gasteiger partial charge in [-0.25, -0.2) is 9.37 Å². The second-order valence-electron chi connectivity index (χ2n) is 5.20. The van der Waals surface area contributed by atoms with Crippen LogP contribution in [0.3, 0.4) is 0 Å². The fourth-order valence-electron chi connectivity index (χ4n) is 2.53. The number of rotatable bonds is 2. The molecule has 0 spiro atoms. The van der Waals surface area contributed by atoms with E-state index < -0.39 is 0 Å². The van der Waals surface area contributed by atoms with Crippen molar-refractivity contribution in [2.24, 2.45) is 0 Å². The standard InChI is InChI=1S/C17H12FN5/c1-11-9-19-7-6-14(11)16-8-15(12-2-4-13(18)5-3-12)22-17-20-10-21-23(16)17/h2-10H,1H3. The molecule has 6 heteroatoms. The lowest BCUT2D eigenvalue weighted by Gasteiger charge is -2.09. The molecule has 3 aromatic heterocycles. The average Bonchev–Trinajstić information content (AvgIpc) is 3.04. The van der Waals surface area contributed by atoms with E-state index in [1.807, 2.05) is 19.1 Å². The molecule has 0 aliphatic heterocycles. The Morgan fingerprint density at radius 3 is 2.70 bits per heavy atom. The summed E-state index contributed by atoms with van der Waals surface area (Å²) in [6, 6.07) is 10.1. The second-order valence-corrected chi connectivity index (χ2v) is 5.20. The van der Waals surface area contributed by atoms with Crippen LogP contribution in [0.5, 0.6) is 0 Å². The van der Waals surface area contributed by atoms with Crippen LogP contribution in [-0.2, 0) is 0 Å². The normalized spacial score (nSPS) is 11.0. The molecule has 0 amide bonds. The van der Waals surface area contributed by atoms with Crippen LogP contribution in [-0.4, -0.2) is 24.6 Å².